The molecule has 3 N–H and O–H groups in total. The summed E-state index contributed by atoms with van der Waals surface area (Å²) in [4.78, 5) is 0. The first-order valence-electron chi connectivity index (χ1n) is 4.97. The summed E-state index contributed by atoms with van der Waals surface area (Å²) in [6.07, 6.45) is 2.04. The van der Waals surface area contributed by atoms with Gasteiger partial charge in [0.25, 0.3) is 0 Å². The zero-order chi connectivity index (χ0) is 9.97. The summed E-state index contributed by atoms with van der Waals surface area (Å²) in [7, 11) is 1.71. The van der Waals surface area contributed by atoms with Crippen LogP contribution in [0.25, 0.3) is 0 Å². The molecule has 0 fully saturated rings. The van der Waals surface area contributed by atoms with E-state index >= 15 is 0 Å². The molecule has 3 heteroatoms. The van der Waals surface area contributed by atoms with E-state index in [0.717, 1.165) is 25.1 Å². The van der Waals surface area contributed by atoms with Gasteiger partial charge in [-0.05, 0) is 31.5 Å². The van der Waals surface area contributed by atoms with Crippen LogP contribution in [-0.2, 0) is 6.42 Å². The van der Waals surface area contributed by atoms with Crippen molar-refractivity contribution < 1.29 is 4.74 Å². The molecule has 2 rings (SSSR count). The zero-order valence-electron chi connectivity index (χ0n) is 8.42. The molecule has 0 saturated carbocycles. The highest BCUT2D eigenvalue weighted by Crippen LogP contribution is 2.33. The number of nitrogens with one attached hydrogen (secondary N) is 1. The maximum absolute atomic E-state index is 5.54. The van der Waals surface area contributed by atoms with Gasteiger partial charge in [-0.3, -0.25) is 0 Å². The Balaban J connectivity index is 2.21. The number of ether oxygens (including phenoxy) is 1. The van der Waals surface area contributed by atoms with E-state index in [9.17, 15) is 0 Å². The number of rotatable bonds is 3. The lowest BCUT2D eigenvalue weighted by molar-refractivity contribution is 0.410. The SMILES string of the molecule is COc1cccc2c1CC(CCN)N2. The molecule has 0 aliphatic carbocycles. The molecule has 1 atom stereocenters. The molecule has 1 aliphatic heterocycles. The van der Waals surface area contributed by atoms with E-state index < -0.39 is 0 Å². The summed E-state index contributed by atoms with van der Waals surface area (Å²) in [5.41, 5.74) is 8.03. The Morgan fingerprint density at radius 2 is 2.43 bits per heavy atom. The Hall–Kier alpha value is -1.22. The minimum absolute atomic E-state index is 0.478. The highest BCUT2D eigenvalue weighted by Gasteiger charge is 2.22. The highest BCUT2D eigenvalue weighted by atomic mass is 16.5. The minimum atomic E-state index is 0.478. The smallest absolute Gasteiger partial charge is 0.124 e. The molecular formula is C11H16N2O. The summed E-state index contributed by atoms with van der Waals surface area (Å²) < 4.78 is 5.31. The lowest BCUT2D eigenvalue weighted by atomic mass is 10.1. The zero-order valence-corrected chi connectivity index (χ0v) is 8.42. The van der Waals surface area contributed by atoms with Crippen molar-refractivity contribution in [2.24, 2.45) is 5.73 Å². The highest BCUT2D eigenvalue weighted by molar-refractivity contribution is 5.62. The van der Waals surface area contributed by atoms with Crippen LogP contribution in [-0.4, -0.2) is 19.7 Å². The average Bonchev–Trinajstić information content (AvgIpc) is 2.60. The van der Waals surface area contributed by atoms with Crippen molar-refractivity contribution in [1.82, 2.24) is 0 Å². The first-order chi connectivity index (χ1) is 6.85. The minimum Gasteiger partial charge on any atom is -0.496 e. The molecule has 0 spiro atoms. The van der Waals surface area contributed by atoms with Crippen LogP contribution in [0.15, 0.2) is 18.2 Å². The number of hydrogen-bond donors (Lipinski definition) is 2. The number of fused-ring (bicyclic) bond motifs is 1. The van der Waals surface area contributed by atoms with Crippen molar-refractivity contribution in [3.63, 3.8) is 0 Å². The molecule has 76 valence electrons. The van der Waals surface area contributed by atoms with Crippen molar-refractivity contribution >= 4 is 5.69 Å². The Kier molecular flexibility index (Phi) is 2.59. The van der Waals surface area contributed by atoms with Crippen molar-refractivity contribution in [1.29, 1.82) is 0 Å². The molecule has 1 aromatic rings. The summed E-state index contributed by atoms with van der Waals surface area (Å²) in [5, 5.41) is 3.45. The van der Waals surface area contributed by atoms with Gasteiger partial charge in [-0.15, -0.1) is 0 Å². The normalized spacial score (nSPS) is 18.9. The summed E-state index contributed by atoms with van der Waals surface area (Å²) in [6, 6.07) is 6.58. The molecule has 14 heavy (non-hydrogen) atoms. The second kappa shape index (κ2) is 3.88. The van der Waals surface area contributed by atoms with Crippen LogP contribution >= 0.6 is 0 Å². The maximum atomic E-state index is 5.54. The van der Waals surface area contributed by atoms with Crippen molar-refractivity contribution in [3.05, 3.63) is 23.8 Å². The first-order valence-corrected chi connectivity index (χ1v) is 4.97. The Morgan fingerprint density at radius 1 is 1.57 bits per heavy atom. The standard InChI is InChI=1S/C11H16N2O/c1-14-11-4-2-3-10-9(11)7-8(13-10)5-6-12/h2-4,8,13H,5-7,12H2,1H3. The van der Waals surface area contributed by atoms with Crippen LogP contribution in [0.2, 0.25) is 0 Å². The largest absolute Gasteiger partial charge is 0.496 e. The van der Waals surface area contributed by atoms with E-state index in [4.69, 9.17) is 10.5 Å². The quantitative estimate of drug-likeness (QED) is 0.760. The lowest BCUT2D eigenvalue weighted by Crippen LogP contribution is -2.19. The van der Waals surface area contributed by atoms with E-state index in [1.807, 2.05) is 12.1 Å². The van der Waals surface area contributed by atoms with Gasteiger partial charge in [0.1, 0.15) is 5.75 Å². The van der Waals surface area contributed by atoms with Gasteiger partial charge in [-0.25, -0.2) is 0 Å². The fourth-order valence-electron chi connectivity index (χ4n) is 2.00. The Labute approximate surface area is 84.3 Å². The molecule has 0 saturated heterocycles. The topological polar surface area (TPSA) is 47.3 Å². The van der Waals surface area contributed by atoms with Gasteiger partial charge in [0.15, 0.2) is 0 Å². The van der Waals surface area contributed by atoms with Gasteiger partial charge >= 0.3 is 0 Å². The Bertz CT molecular complexity index is 325. The van der Waals surface area contributed by atoms with Crippen LogP contribution in [0.1, 0.15) is 12.0 Å². The number of benzene rings is 1. The van der Waals surface area contributed by atoms with Crippen LogP contribution in [0.4, 0.5) is 5.69 Å². The number of nitrogens with two attached hydrogens (primary N) is 1. The van der Waals surface area contributed by atoms with Gasteiger partial charge < -0.3 is 15.8 Å². The van der Waals surface area contributed by atoms with Gasteiger partial charge in [-0.2, -0.15) is 0 Å². The van der Waals surface area contributed by atoms with Crippen molar-refractivity contribution in [2.75, 3.05) is 19.0 Å². The predicted octanol–water partition coefficient (Wildman–Crippen LogP) is 1.38. The van der Waals surface area contributed by atoms with Crippen molar-refractivity contribution in [2.45, 2.75) is 18.9 Å². The van der Waals surface area contributed by atoms with Gasteiger partial charge in [0.05, 0.1) is 7.11 Å². The van der Waals surface area contributed by atoms with E-state index in [1.165, 1.54) is 11.3 Å². The van der Waals surface area contributed by atoms with E-state index in [1.54, 1.807) is 7.11 Å². The van der Waals surface area contributed by atoms with E-state index in [2.05, 4.69) is 11.4 Å². The van der Waals surface area contributed by atoms with E-state index in [-0.39, 0.29) is 0 Å². The van der Waals surface area contributed by atoms with Gasteiger partial charge in [0, 0.05) is 17.3 Å². The lowest BCUT2D eigenvalue weighted by Gasteiger charge is -2.07. The third-order valence-corrected chi connectivity index (χ3v) is 2.68. The summed E-state index contributed by atoms with van der Waals surface area (Å²) in [5.74, 6) is 0.981. The number of hydrogen-bond acceptors (Lipinski definition) is 3. The molecule has 0 radical (unpaired) electrons. The first kappa shape index (κ1) is 9.34. The monoisotopic (exact) mass is 192 g/mol. The van der Waals surface area contributed by atoms with E-state index in [0.29, 0.717) is 6.04 Å². The number of methoxy groups -OCH3 is 1. The summed E-state index contributed by atoms with van der Waals surface area (Å²) in [6.45, 7) is 0.730. The van der Waals surface area contributed by atoms with Crippen LogP contribution in [0.5, 0.6) is 5.75 Å². The molecular weight excluding hydrogens is 176 g/mol. The van der Waals surface area contributed by atoms with Crippen LogP contribution < -0.4 is 15.8 Å². The second-order valence-electron chi connectivity index (χ2n) is 3.61. The molecule has 0 amide bonds. The molecule has 0 aromatic heterocycles. The maximum Gasteiger partial charge on any atom is 0.124 e. The fourth-order valence-corrected chi connectivity index (χ4v) is 2.00. The van der Waals surface area contributed by atoms with Crippen LogP contribution in [0, 0.1) is 0 Å². The predicted molar refractivity (Wildman–Crippen MR) is 57.8 cm³/mol. The van der Waals surface area contributed by atoms with Gasteiger partial charge in [-0.1, -0.05) is 6.07 Å². The molecule has 1 aromatic carbocycles. The fraction of sp³-hybridized carbons (Fsp3) is 0.455. The molecule has 3 nitrogen and oxygen atoms in total. The second-order valence-corrected chi connectivity index (χ2v) is 3.61. The average molecular weight is 192 g/mol. The van der Waals surface area contributed by atoms with Crippen LogP contribution in [0.3, 0.4) is 0 Å². The molecule has 0 bridgehead atoms. The summed E-state index contributed by atoms with van der Waals surface area (Å²) >= 11 is 0. The molecule has 1 heterocycles. The Morgan fingerprint density at radius 3 is 3.14 bits per heavy atom. The number of anilines is 1. The third-order valence-electron chi connectivity index (χ3n) is 2.68. The van der Waals surface area contributed by atoms with Crippen molar-refractivity contribution in [3.8, 4) is 5.75 Å². The van der Waals surface area contributed by atoms with Gasteiger partial charge in [0.2, 0.25) is 0 Å². The third kappa shape index (κ3) is 1.55. The molecule has 1 unspecified atom stereocenters. The molecule has 1 aliphatic rings.